The fourth-order valence-electron chi connectivity index (χ4n) is 1.34. The zero-order chi connectivity index (χ0) is 12.1. The van der Waals surface area contributed by atoms with Crippen LogP contribution in [0, 0.1) is 0 Å². The molecular formula is C10H14Cl2N2O2. The number of aliphatic hydroxyl groups is 1. The van der Waals surface area contributed by atoms with Gasteiger partial charge in [-0.15, -0.1) is 0 Å². The van der Waals surface area contributed by atoms with E-state index in [1.165, 1.54) is 13.3 Å². The molecule has 1 heterocycles. The molecular weight excluding hydrogens is 251 g/mol. The topological polar surface area (TPSA) is 45.6 Å². The van der Waals surface area contributed by atoms with Gasteiger partial charge in [0.2, 0.25) is 0 Å². The summed E-state index contributed by atoms with van der Waals surface area (Å²) < 4.78 is 4.84. The van der Waals surface area contributed by atoms with Gasteiger partial charge in [0.15, 0.2) is 0 Å². The van der Waals surface area contributed by atoms with E-state index in [0.29, 0.717) is 22.4 Å². The first kappa shape index (κ1) is 13.5. The molecule has 16 heavy (non-hydrogen) atoms. The van der Waals surface area contributed by atoms with Crippen molar-refractivity contribution in [2.75, 3.05) is 32.2 Å². The molecule has 0 aliphatic heterocycles. The molecule has 1 N–H and O–H groups in total. The Labute approximate surface area is 105 Å². The molecule has 0 spiro atoms. The lowest BCUT2D eigenvalue weighted by molar-refractivity contribution is 0.0694. The van der Waals surface area contributed by atoms with Gasteiger partial charge in [-0.05, 0) is 6.07 Å². The van der Waals surface area contributed by atoms with Crippen molar-refractivity contribution in [1.29, 1.82) is 0 Å². The summed E-state index contributed by atoms with van der Waals surface area (Å²) in [5, 5.41) is 10.5. The van der Waals surface area contributed by atoms with Crippen LogP contribution in [0.15, 0.2) is 12.3 Å². The molecule has 6 heteroatoms. The molecule has 1 aromatic heterocycles. The van der Waals surface area contributed by atoms with E-state index in [0.717, 1.165) is 0 Å². The molecule has 1 unspecified atom stereocenters. The van der Waals surface area contributed by atoms with Crippen molar-refractivity contribution in [2.24, 2.45) is 0 Å². The van der Waals surface area contributed by atoms with Gasteiger partial charge in [-0.1, -0.05) is 23.2 Å². The number of nitrogens with zero attached hydrogens (tertiary/aromatic N) is 2. The largest absolute Gasteiger partial charge is 0.389 e. The zero-order valence-electron chi connectivity index (χ0n) is 9.15. The summed E-state index contributed by atoms with van der Waals surface area (Å²) in [7, 11) is 3.33. The summed E-state index contributed by atoms with van der Waals surface area (Å²) in [6, 6.07) is 1.62. The molecule has 0 saturated heterocycles. The molecule has 0 aliphatic rings. The number of aromatic nitrogens is 1. The Morgan fingerprint density at radius 3 is 2.81 bits per heavy atom. The fraction of sp³-hybridized carbons (Fsp3) is 0.500. The Hall–Kier alpha value is -0.550. The lowest BCUT2D eigenvalue weighted by Crippen LogP contribution is -2.32. The number of ether oxygens (including phenoxy) is 1. The van der Waals surface area contributed by atoms with Crippen molar-refractivity contribution in [3.05, 3.63) is 22.3 Å². The monoisotopic (exact) mass is 264 g/mol. The summed E-state index contributed by atoms with van der Waals surface area (Å²) in [6.07, 6.45) is 0.936. The highest BCUT2D eigenvalue weighted by atomic mass is 35.5. The number of anilines is 1. The second-order valence-electron chi connectivity index (χ2n) is 3.45. The van der Waals surface area contributed by atoms with Gasteiger partial charge in [-0.25, -0.2) is 4.98 Å². The predicted octanol–water partition coefficient (Wildman–Crippen LogP) is 1.83. The maximum absolute atomic E-state index is 9.56. The fourth-order valence-corrected chi connectivity index (χ4v) is 1.86. The van der Waals surface area contributed by atoms with Crippen LogP contribution in [0.25, 0.3) is 0 Å². The third kappa shape index (κ3) is 3.79. The van der Waals surface area contributed by atoms with Crippen molar-refractivity contribution < 1.29 is 9.84 Å². The highest BCUT2D eigenvalue weighted by Crippen LogP contribution is 2.25. The molecule has 0 aromatic carbocycles. The Balaban J connectivity index is 2.69. The standard InChI is InChI=1S/C10H14Cl2N2O2/c1-14(5-8(15)6-16-2)10-9(12)3-7(11)4-13-10/h3-4,8,15H,5-6H2,1-2H3. The minimum Gasteiger partial charge on any atom is -0.389 e. The Morgan fingerprint density at radius 2 is 2.25 bits per heavy atom. The SMILES string of the molecule is COCC(O)CN(C)c1ncc(Cl)cc1Cl. The number of methoxy groups -OCH3 is 1. The van der Waals surface area contributed by atoms with Gasteiger partial charge in [0.05, 0.1) is 22.8 Å². The summed E-state index contributed by atoms with van der Waals surface area (Å²) >= 11 is 11.7. The predicted molar refractivity (Wildman–Crippen MR) is 65.4 cm³/mol. The lowest BCUT2D eigenvalue weighted by Gasteiger charge is -2.22. The molecule has 0 radical (unpaired) electrons. The van der Waals surface area contributed by atoms with E-state index in [1.807, 2.05) is 0 Å². The number of halogens is 2. The molecule has 0 amide bonds. The maximum Gasteiger partial charge on any atom is 0.147 e. The normalized spacial score (nSPS) is 12.6. The molecule has 0 fully saturated rings. The van der Waals surface area contributed by atoms with Crippen molar-refractivity contribution >= 4 is 29.0 Å². The van der Waals surface area contributed by atoms with Gasteiger partial charge in [0.1, 0.15) is 5.82 Å². The number of rotatable bonds is 5. The Bertz CT molecular complexity index is 350. The van der Waals surface area contributed by atoms with Crippen molar-refractivity contribution in [2.45, 2.75) is 6.10 Å². The van der Waals surface area contributed by atoms with E-state index in [9.17, 15) is 5.11 Å². The Morgan fingerprint density at radius 1 is 1.56 bits per heavy atom. The first-order valence-corrected chi connectivity index (χ1v) is 5.49. The molecule has 1 aromatic rings. The number of hydrogen-bond donors (Lipinski definition) is 1. The minimum absolute atomic E-state index is 0.273. The lowest BCUT2D eigenvalue weighted by atomic mass is 10.3. The van der Waals surface area contributed by atoms with E-state index < -0.39 is 6.10 Å². The summed E-state index contributed by atoms with van der Waals surface area (Å²) in [6.45, 7) is 0.664. The minimum atomic E-state index is -0.580. The van der Waals surface area contributed by atoms with Crippen LogP contribution < -0.4 is 4.90 Å². The first-order valence-electron chi connectivity index (χ1n) is 4.73. The van der Waals surface area contributed by atoms with E-state index in [2.05, 4.69) is 4.98 Å². The van der Waals surface area contributed by atoms with Crippen LogP contribution >= 0.6 is 23.2 Å². The highest BCUT2D eigenvalue weighted by molar-refractivity contribution is 6.35. The van der Waals surface area contributed by atoms with Crippen LogP contribution in [0.1, 0.15) is 0 Å². The number of hydrogen-bond acceptors (Lipinski definition) is 4. The van der Waals surface area contributed by atoms with Crippen LogP contribution in [0.3, 0.4) is 0 Å². The zero-order valence-corrected chi connectivity index (χ0v) is 10.7. The highest BCUT2D eigenvalue weighted by Gasteiger charge is 2.12. The van der Waals surface area contributed by atoms with Crippen LogP contribution in [0.2, 0.25) is 10.0 Å². The number of likely N-dealkylation sites (N-methyl/N-ethyl adjacent to an activating group) is 1. The van der Waals surface area contributed by atoms with Gasteiger partial charge in [0, 0.05) is 26.9 Å². The number of aliphatic hydroxyl groups excluding tert-OH is 1. The average Bonchev–Trinajstić information content (AvgIpc) is 2.17. The van der Waals surface area contributed by atoms with Gasteiger partial charge >= 0.3 is 0 Å². The van der Waals surface area contributed by atoms with Crippen LogP contribution in [-0.2, 0) is 4.74 Å². The molecule has 0 aliphatic carbocycles. The molecule has 0 bridgehead atoms. The molecule has 4 nitrogen and oxygen atoms in total. The van der Waals surface area contributed by atoms with Gasteiger partial charge < -0.3 is 14.7 Å². The average molecular weight is 265 g/mol. The molecule has 1 rings (SSSR count). The third-order valence-electron chi connectivity index (χ3n) is 1.99. The molecule has 90 valence electrons. The van der Waals surface area contributed by atoms with Gasteiger partial charge in [-0.3, -0.25) is 0 Å². The molecule has 1 atom stereocenters. The van der Waals surface area contributed by atoms with Crippen molar-refractivity contribution in [3.63, 3.8) is 0 Å². The van der Waals surface area contributed by atoms with Crippen LogP contribution in [0.4, 0.5) is 5.82 Å². The smallest absolute Gasteiger partial charge is 0.147 e. The molecule has 0 saturated carbocycles. The third-order valence-corrected chi connectivity index (χ3v) is 2.48. The first-order chi connectivity index (χ1) is 7.54. The van der Waals surface area contributed by atoms with Crippen molar-refractivity contribution in [1.82, 2.24) is 4.98 Å². The second-order valence-corrected chi connectivity index (χ2v) is 4.29. The van der Waals surface area contributed by atoms with Crippen molar-refractivity contribution in [3.8, 4) is 0 Å². The van der Waals surface area contributed by atoms with E-state index in [1.54, 1.807) is 18.0 Å². The maximum atomic E-state index is 9.56. The van der Waals surface area contributed by atoms with Crippen LogP contribution in [0.5, 0.6) is 0 Å². The summed E-state index contributed by atoms with van der Waals surface area (Å²) in [5.41, 5.74) is 0. The summed E-state index contributed by atoms with van der Waals surface area (Å²) in [5.74, 6) is 0.584. The van der Waals surface area contributed by atoms with Gasteiger partial charge in [-0.2, -0.15) is 0 Å². The van der Waals surface area contributed by atoms with Crippen LogP contribution in [-0.4, -0.2) is 43.5 Å². The van der Waals surface area contributed by atoms with E-state index >= 15 is 0 Å². The van der Waals surface area contributed by atoms with E-state index in [-0.39, 0.29) is 6.61 Å². The number of pyridine rings is 1. The van der Waals surface area contributed by atoms with E-state index in [4.69, 9.17) is 27.9 Å². The summed E-state index contributed by atoms with van der Waals surface area (Å²) in [4.78, 5) is 5.85. The Kier molecular flexibility index (Phi) is 5.28. The quantitative estimate of drug-likeness (QED) is 0.882. The van der Waals surface area contributed by atoms with Gasteiger partial charge in [0.25, 0.3) is 0 Å². The second kappa shape index (κ2) is 6.25.